The zero-order valence-corrected chi connectivity index (χ0v) is 20.7. The molecule has 1 atom stereocenters. The van der Waals surface area contributed by atoms with Crippen LogP contribution >= 0.6 is 11.6 Å². The Labute approximate surface area is 203 Å². The van der Waals surface area contributed by atoms with E-state index in [1.165, 1.54) is 12.1 Å². The Balaban J connectivity index is 1.61. The molecule has 2 aliphatic rings. The molecule has 0 amide bonds. The van der Waals surface area contributed by atoms with Crippen LogP contribution in [0.2, 0.25) is 5.02 Å². The molecule has 6 nitrogen and oxygen atoms in total. The van der Waals surface area contributed by atoms with Gasteiger partial charge in [0.15, 0.2) is 10.7 Å². The Morgan fingerprint density at radius 1 is 1.21 bits per heavy atom. The summed E-state index contributed by atoms with van der Waals surface area (Å²) in [7, 11) is -2.63. The van der Waals surface area contributed by atoms with Gasteiger partial charge in [0.2, 0.25) is 5.95 Å². The molecule has 0 aliphatic carbocycles. The third-order valence-corrected chi connectivity index (χ3v) is 9.08. The van der Waals surface area contributed by atoms with E-state index < -0.39 is 43.3 Å². The minimum absolute atomic E-state index is 0.0207. The van der Waals surface area contributed by atoms with Crippen molar-refractivity contribution in [2.75, 3.05) is 42.8 Å². The normalized spacial score (nSPS) is 22.4. The standard InChI is InChI=1S/C23H28ClF3N4O2S/c1-3-23(15-7-10-30(2)11-8-15)9-12-31(14-23)17-13-16(25)22(21(27)20(17)24)34(32,33)29-19-6-4-5-18(26)28-19/h4-6,13,15H,3,7-12,14H2,1-2H3,(H,28,29). The van der Waals surface area contributed by atoms with Crippen LogP contribution in [0.15, 0.2) is 29.2 Å². The summed E-state index contributed by atoms with van der Waals surface area (Å²) in [6.45, 7) is 5.38. The van der Waals surface area contributed by atoms with Crippen molar-refractivity contribution in [1.29, 1.82) is 0 Å². The van der Waals surface area contributed by atoms with Crippen LogP contribution in [0.4, 0.5) is 24.7 Å². The fraction of sp³-hybridized carbons (Fsp3) is 0.522. The number of aromatic nitrogens is 1. The number of hydrogen-bond donors (Lipinski definition) is 1. The third-order valence-electron chi connectivity index (χ3n) is 7.33. The van der Waals surface area contributed by atoms with E-state index in [1.807, 2.05) is 9.62 Å². The highest BCUT2D eigenvalue weighted by Crippen LogP contribution is 2.48. The van der Waals surface area contributed by atoms with Crippen molar-refractivity contribution in [1.82, 2.24) is 9.88 Å². The number of hydrogen-bond acceptors (Lipinski definition) is 5. The number of piperidine rings is 1. The molecular formula is C23H28ClF3N4O2S. The number of likely N-dealkylation sites (tertiary alicyclic amines) is 1. The Hall–Kier alpha value is -2.04. The largest absolute Gasteiger partial charge is 0.370 e. The van der Waals surface area contributed by atoms with Crippen LogP contribution in [-0.2, 0) is 10.0 Å². The Kier molecular flexibility index (Phi) is 7.04. The van der Waals surface area contributed by atoms with Crippen molar-refractivity contribution < 1.29 is 21.6 Å². The minimum atomic E-state index is -4.74. The van der Waals surface area contributed by atoms with Crippen molar-refractivity contribution in [3.63, 3.8) is 0 Å². The van der Waals surface area contributed by atoms with Gasteiger partial charge in [0.1, 0.15) is 16.7 Å². The molecular weight excluding hydrogens is 489 g/mol. The number of sulfonamides is 1. The van der Waals surface area contributed by atoms with Gasteiger partial charge in [-0.2, -0.15) is 4.39 Å². The van der Waals surface area contributed by atoms with E-state index in [9.17, 15) is 12.8 Å². The molecule has 2 aliphatic heterocycles. The van der Waals surface area contributed by atoms with Crippen molar-refractivity contribution in [2.24, 2.45) is 11.3 Å². The van der Waals surface area contributed by atoms with Gasteiger partial charge < -0.3 is 9.80 Å². The summed E-state index contributed by atoms with van der Waals surface area (Å²) in [6, 6.07) is 4.38. The highest BCUT2D eigenvalue weighted by Gasteiger charge is 2.44. The molecule has 186 valence electrons. The van der Waals surface area contributed by atoms with Crippen molar-refractivity contribution in [3.8, 4) is 0 Å². The summed E-state index contributed by atoms with van der Waals surface area (Å²) in [6.07, 6.45) is 3.97. The maximum absolute atomic E-state index is 15.2. The van der Waals surface area contributed by atoms with E-state index in [4.69, 9.17) is 11.6 Å². The zero-order chi connectivity index (χ0) is 24.7. The average molecular weight is 517 g/mol. The molecule has 1 unspecified atom stereocenters. The summed E-state index contributed by atoms with van der Waals surface area (Å²) in [5.74, 6) is -3.48. The van der Waals surface area contributed by atoms with Gasteiger partial charge in [-0.15, -0.1) is 0 Å². The monoisotopic (exact) mass is 516 g/mol. The molecule has 1 aromatic carbocycles. The molecule has 2 saturated heterocycles. The van der Waals surface area contributed by atoms with Crippen LogP contribution in [0.5, 0.6) is 0 Å². The summed E-state index contributed by atoms with van der Waals surface area (Å²) in [5, 5.41) is -0.454. The number of benzene rings is 1. The lowest BCUT2D eigenvalue weighted by atomic mass is 9.68. The number of pyridine rings is 1. The van der Waals surface area contributed by atoms with Crippen molar-refractivity contribution in [3.05, 3.63) is 46.9 Å². The lowest BCUT2D eigenvalue weighted by molar-refractivity contribution is 0.0979. The Morgan fingerprint density at radius 2 is 1.91 bits per heavy atom. The van der Waals surface area contributed by atoms with Gasteiger partial charge >= 0.3 is 0 Å². The van der Waals surface area contributed by atoms with E-state index in [2.05, 4.69) is 23.9 Å². The highest BCUT2D eigenvalue weighted by atomic mass is 35.5. The summed E-state index contributed by atoms with van der Waals surface area (Å²) in [5.41, 5.74) is 0.162. The van der Waals surface area contributed by atoms with E-state index in [0.29, 0.717) is 19.0 Å². The number of nitrogens with zero attached hydrogens (tertiary/aromatic N) is 3. The maximum atomic E-state index is 15.2. The van der Waals surface area contributed by atoms with Gasteiger partial charge in [-0.1, -0.05) is 24.6 Å². The van der Waals surface area contributed by atoms with Crippen LogP contribution in [0.1, 0.15) is 32.6 Å². The topological polar surface area (TPSA) is 65.5 Å². The third kappa shape index (κ3) is 4.72. The Bertz CT molecular complexity index is 1180. The van der Waals surface area contributed by atoms with Gasteiger partial charge in [0.25, 0.3) is 10.0 Å². The maximum Gasteiger partial charge on any atom is 0.268 e. The van der Waals surface area contributed by atoms with Crippen LogP contribution in [-0.4, -0.2) is 51.5 Å². The van der Waals surface area contributed by atoms with E-state index in [-0.39, 0.29) is 11.1 Å². The average Bonchev–Trinajstić information content (AvgIpc) is 3.22. The highest BCUT2D eigenvalue weighted by molar-refractivity contribution is 7.92. The molecule has 1 N–H and O–H groups in total. The first-order valence-electron chi connectivity index (χ1n) is 11.3. The number of halogens is 4. The molecule has 3 heterocycles. The van der Waals surface area contributed by atoms with Gasteiger partial charge in [-0.25, -0.2) is 22.2 Å². The van der Waals surface area contributed by atoms with Gasteiger partial charge in [0, 0.05) is 19.2 Å². The quantitative estimate of drug-likeness (QED) is 0.437. The first kappa shape index (κ1) is 25.1. The van der Waals surface area contributed by atoms with E-state index >= 15 is 8.78 Å². The first-order valence-corrected chi connectivity index (χ1v) is 13.2. The smallest absolute Gasteiger partial charge is 0.268 e. The van der Waals surface area contributed by atoms with E-state index in [1.54, 1.807) is 0 Å². The molecule has 0 bridgehead atoms. The minimum Gasteiger partial charge on any atom is -0.370 e. The first-order chi connectivity index (χ1) is 16.1. The van der Waals surface area contributed by atoms with Crippen LogP contribution in [0.25, 0.3) is 0 Å². The second kappa shape index (κ2) is 9.54. The van der Waals surface area contributed by atoms with E-state index in [0.717, 1.165) is 50.9 Å². The SMILES string of the molecule is CCC1(C2CCN(C)CC2)CCN(c2cc(F)c(S(=O)(=O)Nc3cccc(F)n3)c(F)c2Cl)C1. The van der Waals surface area contributed by atoms with Gasteiger partial charge in [-0.05, 0) is 69.3 Å². The van der Waals surface area contributed by atoms with Crippen LogP contribution in [0, 0.1) is 28.9 Å². The van der Waals surface area contributed by atoms with Crippen molar-refractivity contribution in [2.45, 2.75) is 37.5 Å². The fourth-order valence-electron chi connectivity index (χ4n) is 5.33. The molecule has 34 heavy (non-hydrogen) atoms. The Morgan fingerprint density at radius 3 is 2.56 bits per heavy atom. The fourth-order valence-corrected chi connectivity index (χ4v) is 6.80. The lowest BCUT2D eigenvalue weighted by Crippen LogP contribution is -2.41. The molecule has 4 rings (SSSR count). The molecule has 2 aromatic rings. The van der Waals surface area contributed by atoms with Crippen molar-refractivity contribution >= 4 is 33.1 Å². The van der Waals surface area contributed by atoms with Crippen LogP contribution < -0.4 is 9.62 Å². The molecule has 0 radical (unpaired) electrons. The second-order valence-corrected chi connectivity index (χ2v) is 11.2. The predicted molar refractivity (Wildman–Crippen MR) is 126 cm³/mol. The summed E-state index contributed by atoms with van der Waals surface area (Å²) >= 11 is 6.27. The molecule has 1 aromatic heterocycles. The molecule has 0 saturated carbocycles. The number of rotatable bonds is 6. The van der Waals surface area contributed by atoms with Gasteiger partial charge in [-0.3, -0.25) is 4.72 Å². The zero-order valence-electron chi connectivity index (χ0n) is 19.1. The molecule has 11 heteroatoms. The number of anilines is 2. The van der Waals surface area contributed by atoms with Crippen LogP contribution in [0.3, 0.4) is 0 Å². The summed E-state index contributed by atoms with van der Waals surface area (Å²) < 4.78 is 70.9. The van der Waals surface area contributed by atoms with Gasteiger partial charge in [0.05, 0.1) is 5.69 Å². The number of nitrogens with one attached hydrogen (secondary N) is 1. The molecule has 0 spiro atoms. The predicted octanol–water partition coefficient (Wildman–Crippen LogP) is 4.90. The summed E-state index contributed by atoms with van der Waals surface area (Å²) in [4.78, 5) is 6.32. The lowest BCUT2D eigenvalue weighted by Gasteiger charge is -2.41. The second-order valence-electron chi connectivity index (χ2n) is 9.25. The molecule has 2 fully saturated rings.